The van der Waals surface area contributed by atoms with Crippen molar-refractivity contribution in [3.8, 4) is 0 Å². The van der Waals surface area contributed by atoms with Gasteiger partial charge in [-0.15, -0.1) is 11.3 Å². The third-order valence-electron chi connectivity index (χ3n) is 5.95. The van der Waals surface area contributed by atoms with Crippen LogP contribution in [-0.2, 0) is 0 Å². The van der Waals surface area contributed by atoms with Crippen molar-refractivity contribution >= 4 is 33.2 Å². The predicted molar refractivity (Wildman–Crippen MR) is 121 cm³/mol. The lowest BCUT2D eigenvalue weighted by Crippen LogP contribution is -2.39. The van der Waals surface area contributed by atoms with Gasteiger partial charge in [0, 0.05) is 32.0 Å². The Morgan fingerprint density at radius 2 is 1.88 bits per heavy atom. The van der Waals surface area contributed by atoms with E-state index in [4.69, 9.17) is 0 Å². The molecule has 3 heterocycles. The molecule has 1 N–H and O–H groups in total. The topological polar surface area (TPSA) is 62.3 Å². The molecule has 2 aromatic heterocycles. The van der Waals surface area contributed by atoms with Gasteiger partial charge in [0.05, 0.1) is 9.58 Å². The highest BCUT2D eigenvalue weighted by Gasteiger charge is 2.27. The number of fused-ring (bicyclic) bond motifs is 1. The number of thiophene rings is 1. The van der Waals surface area contributed by atoms with Gasteiger partial charge < -0.3 is 10.2 Å². The first-order chi connectivity index (χ1) is 15.5. The smallest absolute Gasteiger partial charge is 0.261 e. The van der Waals surface area contributed by atoms with Crippen LogP contribution in [0.5, 0.6) is 0 Å². The van der Waals surface area contributed by atoms with Crippen LogP contribution in [-0.4, -0.2) is 41.3 Å². The number of carbonyl (C=O) groups is 2. The van der Waals surface area contributed by atoms with Crippen molar-refractivity contribution in [3.63, 3.8) is 0 Å². The number of hydrogen-bond donors (Lipinski definition) is 1. The molecule has 1 aliphatic heterocycles. The predicted octanol–water partition coefficient (Wildman–Crippen LogP) is 5.03. The number of nitrogens with one attached hydrogen (secondary N) is 1. The Kier molecular flexibility index (Phi) is 7.09. The Hall–Kier alpha value is -2.87. The third kappa shape index (κ3) is 5.12. The van der Waals surface area contributed by atoms with Crippen molar-refractivity contribution in [3.05, 3.63) is 64.8 Å². The molecule has 8 heteroatoms. The minimum atomic E-state index is -0.813. The van der Waals surface area contributed by atoms with Crippen LogP contribution in [0.25, 0.3) is 10.1 Å². The molecule has 1 fully saturated rings. The van der Waals surface area contributed by atoms with Crippen molar-refractivity contribution in [1.29, 1.82) is 0 Å². The van der Waals surface area contributed by atoms with Crippen LogP contribution >= 0.6 is 11.3 Å². The number of likely N-dealkylation sites (tertiary alicyclic amines) is 1. The van der Waals surface area contributed by atoms with Gasteiger partial charge in [0.25, 0.3) is 11.8 Å². The lowest BCUT2D eigenvalue weighted by molar-refractivity contribution is 0.0676. The second kappa shape index (κ2) is 10.2. The highest BCUT2D eigenvalue weighted by molar-refractivity contribution is 7.20. The first-order valence-electron chi connectivity index (χ1n) is 10.9. The summed E-state index contributed by atoms with van der Waals surface area (Å²) in [5, 5.41) is 4.00. The zero-order valence-electron chi connectivity index (χ0n) is 17.7. The second-order valence-electron chi connectivity index (χ2n) is 8.11. The van der Waals surface area contributed by atoms with Crippen molar-refractivity contribution in [2.45, 2.75) is 32.1 Å². The summed E-state index contributed by atoms with van der Waals surface area (Å²) < 4.78 is 28.7. The zero-order valence-corrected chi connectivity index (χ0v) is 18.5. The van der Waals surface area contributed by atoms with Crippen LogP contribution in [0.2, 0.25) is 0 Å². The number of benzene rings is 1. The minimum absolute atomic E-state index is 0.0570. The Balaban J connectivity index is 1.16. The Morgan fingerprint density at radius 3 is 2.59 bits per heavy atom. The fraction of sp³-hybridized carbons (Fsp3) is 0.375. The molecule has 3 aromatic rings. The standard InChI is InChI=1S/C24H25F2N3O2S/c25-18-5-3-6-19(26)22(18)24(31)29-12-8-16(9-13-29)4-1-2-10-28-23(30)20-14-17-7-11-27-15-21(17)32-20/h3,5-7,11,14-16H,1-2,4,8-10,12-13H2,(H,28,30). The highest BCUT2D eigenvalue weighted by atomic mass is 32.1. The number of halogens is 2. The zero-order chi connectivity index (χ0) is 22.5. The van der Waals surface area contributed by atoms with Gasteiger partial charge in [-0.25, -0.2) is 8.78 Å². The van der Waals surface area contributed by atoms with Crippen molar-refractivity contribution in [2.75, 3.05) is 19.6 Å². The Labute approximate surface area is 189 Å². The van der Waals surface area contributed by atoms with Gasteiger partial charge in [-0.05, 0) is 54.8 Å². The third-order valence-corrected chi connectivity index (χ3v) is 7.03. The van der Waals surface area contributed by atoms with Gasteiger partial charge in [-0.1, -0.05) is 18.9 Å². The summed E-state index contributed by atoms with van der Waals surface area (Å²) in [6.45, 7) is 1.64. The first-order valence-corrected chi connectivity index (χ1v) is 11.7. The maximum Gasteiger partial charge on any atom is 0.261 e. The minimum Gasteiger partial charge on any atom is -0.351 e. The molecule has 0 bridgehead atoms. The molecule has 0 unspecified atom stereocenters. The van der Waals surface area contributed by atoms with E-state index in [2.05, 4.69) is 10.3 Å². The molecule has 0 aliphatic carbocycles. The van der Waals surface area contributed by atoms with Gasteiger partial charge >= 0.3 is 0 Å². The molecule has 2 amide bonds. The van der Waals surface area contributed by atoms with E-state index in [9.17, 15) is 18.4 Å². The van der Waals surface area contributed by atoms with Gasteiger partial charge in [0.1, 0.15) is 17.2 Å². The molecule has 4 rings (SSSR count). The number of nitrogens with zero attached hydrogens (tertiary/aromatic N) is 2. The highest BCUT2D eigenvalue weighted by Crippen LogP contribution is 2.26. The number of aromatic nitrogens is 1. The number of pyridine rings is 1. The fourth-order valence-corrected chi connectivity index (χ4v) is 5.07. The van der Waals surface area contributed by atoms with Crippen molar-refractivity contribution in [1.82, 2.24) is 15.2 Å². The number of amides is 2. The van der Waals surface area contributed by atoms with E-state index >= 15 is 0 Å². The second-order valence-corrected chi connectivity index (χ2v) is 9.19. The lowest BCUT2D eigenvalue weighted by Gasteiger charge is -2.32. The van der Waals surface area contributed by atoms with Crippen LogP contribution < -0.4 is 5.32 Å². The van der Waals surface area contributed by atoms with Crippen LogP contribution in [0, 0.1) is 17.6 Å². The van der Waals surface area contributed by atoms with Crippen LogP contribution in [0.3, 0.4) is 0 Å². The monoisotopic (exact) mass is 457 g/mol. The average molecular weight is 458 g/mol. The molecule has 0 spiro atoms. The molecular formula is C24H25F2N3O2S. The maximum absolute atomic E-state index is 13.9. The molecule has 1 aliphatic rings. The average Bonchev–Trinajstić information content (AvgIpc) is 3.23. The summed E-state index contributed by atoms with van der Waals surface area (Å²) in [6, 6.07) is 7.27. The van der Waals surface area contributed by atoms with Crippen LogP contribution in [0.1, 0.15) is 52.1 Å². The molecule has 0 saturated carbocycles. The largest absolute Gasteiger partial charge is 0.351 e. The Morgan fingerprint density at radius 1 is 1.12 bits per heavy atom. The van der Waals surface area contributed by atoms with Crippen molar-refractivity contribution < 1.29 is 18.4 Å². The molecule has 0 atom stereocenters. The fourth-order valence-electron chi connectivity index (χ4n) is 4.13. The molecule has 168 valence electrons. The summed E-state index contributed by atoms with van der Waals surface area (Å²) in [6.07, 6.45) is 8.02. The normalized spacial score (nSPS) is 14.6. The van der Waals surface area contributed by atoms with Gasteiger partial charge in [0.15, 0.2) is 0 Å². The summed E-state index contributed by atoms with van der Waals surface area (Å²) >= 11 is 1.44. The molecule has 1 saturated heterocycles. The van der Waals surface area contributed by atoms with E-state index in [0.717, 1.165) is 54.3 Å². The molecule has 0 radical (unpaired) electrons. The van der Waals surface area contributed by atoms with Crippen LogP contribution in [0.4, 0.5) is 8.78 Å². The molecular weight excluding hydrogens is 432 g/mol. The van der Waals surface area contributed by atoms with Gasteiger partial charge in [0.2, 0.25) is 0 Å². The summed E-state index contributed by atoms with van der Waals surface area (Å²) in [5.74, 6) is -1.77. The quantitative estimate of drug-likeness (QED) is 0.507. The SMILES string of the molecule is O=C(NCCCCC1CCN(C(=O)c2c(F)cccc2F)CC1)c1cc2ccncc2s1. The Bertz CT molecular complexity index is 1060. The molecule has 1 aromatic carbocycles. The summed E-state index contributed by atoms with van der Waals surface area (Å²) in [5.41, 5.74) is -0.461. The number of rotatable bonds is 7. The van der Waals surface area contributed by atoms with E-state index < -0.39 is 23.1 Å². The molecule has 32 heavy (non-hydrogen) atoms. The summed E-state index contributed by atoms with van der Waals surface area (Å²) in [7, 11) is 0. The van der Waals surface area contributed by atoms with Crippen molar-refractivity contribution in [2.24, 2.45) is 5.92 Å². The molecule has 5 nitrogen and oxygen atoms in total. The van der Waals surface area contributed by atoms with E-state index in [0.29, 0.717) is 30.4 Å². The summed E-state index contributed by atoms with van der Waals surface area (Å²) in [4.78, 5) is 31.1. The van der Waals surface area contributed by atoms with E-state index in [1.54, 1.807) is 17.3 Å². The number of piperidine rings is 1. The van der Waals surface area contributed by atoms with E-state index in [1.807, 2.05) is 12.1 Å². The maximum atomic E-state index is 13.9. The number of unbranched alkanes of at least 4 members (excludes halogenated alkanes) is 1. The number of hydrogen-bond acceptors (Lipinski definition) is 4. The van der Waals surface area contributed by atoms with E-state index in [-0.39, 0.29) is 5.91 Å². The number of carbonyl (C=O) groups excluding carboxylic acids is 2. The van der Waals surface area contributed by atoms with Crippen LogP contribution in [0.15, 0.2) is 42.7 Å². The van der Waals surface area contributed by atoms with Gasteiger partial charge in [-0.2, -0.15) is 0 Å². The van der Waals surface area contributed by atoms with E-state index in [1.165, 1.54) is 17.4 Å². The first kappa shape index (κ1) is 22.3. The lowest BCUT2D eigenvalue weighted by atomic mass is 9.91. The van der Waals surface area contributed by atoms with Gasteiger partial charge in [-0.3, -0.25) is 14.6 Å².